The normalized spacial score (nSPS) is 15.2. The van der Waals surface area contributed by atoms with Crippen LogP contribution >= 0.6 is 0 Å². The predicted octanol–water partition coefficient (Wildman–Crippen LogP) is 3.06. The predicted molar refractivity (Wildman–Crippen MR) is 86.3 cm³/mol. The van der Waals surface area contributed by atoms with Gasteiger partial charge < -0.3 is 10.6 Å². The van der Waals surface area contributed by atoms with E-state index >= 15 is 0 Å². The lowest BCUT2D eigenvalue weighted by molar-refractivity contribution is 0.0986. The van der Waals surface area contributed by atoms with E-state index in [1.165, 1.54) is 0 Å². The van der Waals surface area contributed by atoms with Crippen molar-refractivity contribution in [2.45, 2.75) is 13.0 Å². The lowest BCUT2D eigenvalue weighted by Crippen LogP contribution is -2.40. The summed E-state index contributed by atoms with van der Waals surface area (Å²) in [5, 5.41) is 0. The summed E-state index contributed by atoms with van der Waals surface area (Å²) in [6.07, 6.45) is 0. The van der Waals surface area contributed by atoms with Crippen LogP contribution in [0.3, 0.4) is 0 Å². The first-order valence-electron chi connectivity index (χ1n) is 7.04. The highest BCUT2D eigenvalue weighted by atomic mass is 16.2. The molecule has 2 aromatic carbocycles. The van der Waals surface area contributed by atoms with Crippen molar-refractivity contribution in [3.05, 3.63) is 71.8 Å². The van der Waals surface area contributed by atoms with Crippen LogP contribution in [0, 0.1) is 0 Å². The fourth-order valence-corrected chi connectivity index (χ4v) is 2.77. The molecule has 0 aliphatic carbocycles. The summed E-state index contributed by atoms with van der Waals surface area (Å²) < 4.78 is 0. The Hall–Kier alpha value is -2.39. The highest BCUT2D eigenvalue weighted by Gasteiger charge is 2.28. The first-order chi connectivity index (χ1) is 10.1. The molecule has 0 saturated carbocycles. The molecule has 1 heterocycles. The quantitative estimate of drug-likeness (QED) is 0.917. The molecule has 1 aliphatic heterocycles. The molecule has 1 amide bonds. The topological polar surface area (TPSA) is 46.3 Å². The molecule has 0 spiro atoms. The van der Waals surface area contributed by atoms with Crippen LogP contribution in [0.1, 0.15) is 28.4 Å². The Bertz CT molecular complexity index is 719. The van der Waals surface area contributed by atoms with Crippen LogP contribution in [0.15, 0.2) is 55.1 Å². The van der Waals surface area contributed by atoms with E-state index in [-0.39, 0.29) is 11.9 Å². The fraction of sp³-hybridized carbons (Fsp3) is 0.167. The number of carbonyl (C=O) groups excluding carboxylic acids is 1. The molecule has 3 heteroatoms. The number of fused-ring (bicyclic) bond motifs is 2. The maximum Gasteiger partial charge on any atom is 0.258 e. The van der Waals surface area contributed by atoms with Crippen LogP contribution in [0.2, 0.25) is 0 Å². The number of benzene rings is 2. The zero-order valence-electron chi connectivity index (χ0n) is 12.0. The highest BCUT2D eigenvalue weighted by Crippen LogP contribution is 2.36. The zero-order valence-corrected chi connectivity index (χ0v) is 12.0. The molecule has 0 saturated heterocycles. The zero-order chi connectivity index (χ0) is 15.0. The van der Waals surface area contributed by atoms with Gasteiger partial charge >= 0.3 is 0 Å². The summed E-state index contributed by atoms with van der Waals surface area (Å²) in [5.74, 6) is -0.0194. The Morgan fingerprint density at radius 3 is 2.29 bits per heavy atom. The van der Waals surface area contributed by atoms with Crippen molar-refractivity contribution < 1.29 is 4.79 Å². The lowest BCUT2D eigenvalue weighted by atomic mass is 9.96. The molecule has 1 aliphatic rings. The fourth-order valence-electron chi connectivity index (χ4n) is 2.77. The van der Waals surface area contributed by atoms with Gasteiger partial charge in [-0.15, -0.1) is 0 Å². The molecule has 2 aromatic rings. The molecule has 0 aromatic heterocycles. The van der Waals surface area contributed by atoms with Crippen LogP contribution in [0.5, 0.6) is 0 Å². The van der Waals surface area contributed by atoms with Gasteiger partial charge in [0, 0.05) is 23.7 Å². The average Bonchev–Trinajstić information content (AvgIpc) is 2.58. The van der Waals surface area contributed by atoms with Crippen LogP contribution < -0.4 is 10.6 Å². The number of carbonyl (C=O) groups is 1. The van der Waals surface area contributed by atoms with Gasteiger partial charge in [-0.3, -0.25) is 4.79 Å². The van der Waals surface area contributed by atoms with Crippen molar-refractivity contribution in [1.82, 2.24) is 0 Å². The van der Waals surface area contributed by atoms with Gasteiger partial charge in [0.15, 0.2) is 0 Å². The summed E-state index contributed by atoms with van der Waals surface area (Å²) in [7, 11) is 0. The van der Waals surface area contributed by atoms with Gasteiger partial charge in [0.25, 0.3) is 5.91 Å². The largest absolute Gasteiger partial charge is 0.326 e. The third-order valence-electron chi connectivity index (χ3n) is 3.72. The van der Waals surface area contributed by atoms with Crippen molar-refractivity contribution in [2.75, 3.05) is 11.4 Å². The smallest absolute Gasteiger partial charge is 0.258 e. The number of nitrogens with zero attached hydrogens (tertiary/aromatic N) is 1. The number of hydrogen-bond acceptors (Lipinski definition) is 2. The number of anilines is 1. The number of amides is 1. The summed E-state index contributed by atoms with van der Waals surface area (Å²) in [5.41, 5.74) is 10.2. The van der Waals surface area contributed by atoms with Gasteiger partial charge in [-0.25, -0.2) is 0 Å². The molecule has 3 nitrogen and oxygen atoms in total. The third kappa shape index (κ3) is 2.26. The minimum Gasteiger partial charge on any atom is -0.326 e. The Morgan fingerprint density at radius 1 is 1.05 bits per heavy atom. The standard InChI is InChI=1S/C18H18N2O/c1-12(19)11-20-17-10-6-5-8-15(17)13(2)14-7-3-4-9-16(14)18(20)21/h3-10,12H,2,11,19H2,1H3/t12-/m0/s1. The number of nitrogens with two attached hydrogens (primary N) is 1. The second kappa shape index (κ2) is 5.19. The minimum absolute atomic E-state index is 0.0194. The Balaban J connectivity index is 2.26. The molecule has 106 valence electrons. The van der Waals surface area contributed by atoms with Gasteiger partial charge in [0.05, 0.1) is 5.69 Å². The van der Waals surface area contributed by atoms with E-state index in [0.29, 0.717) is 12.1 Å². The Kier molecular flexibility index (Phi) is 3.35. The molecule has 0 radical (unpaired) electrons. The maximum atomic E-state index is 12.9. The summed E-state index contributed by atoms with van der Waals surface area (Å²) in [4.78, 5) is 14.7. The van der Waals surface area contributed by atoms with E-state index in [2.05, 4.69) is 6.58 Å². The Morgan fingerprint density at radius 2 is 1.62 bits per heavy atom. The van der Waals surface area contributed by atoms with E-state index < -0.39 is 0 Å². The van der Waals surface area contributed by atoms with Gasteiger partial charge in [-0.2, -0.15) is 0 Å². The second-order valence-electron chi connectivity index (χ2n) is 5.43. The molecular formula is C18H18N2O. The number of rotatable bonds is 2. The monoisotopic (exact) mass is 278 g/mol. The molecule has 3 rings (SSSR count). The molecule has 0 fully saturated rings. The van der Waals surface area contributed by atoms with Gasteiger partial charge in [0.2, 0.25) is 0 Å². The van der Waals surface area contributed by atoms with Crippen molar-refractivity contribution in [2.24, 2.45) is 5.73 Å². The van der Waals surface area contributed by atoms with Gasteiger partial charge in [-0.1, -0.05) is 43.0 Å². The highest BCUT2D eigenvalue weighted by molar-refractivity contribution is 6.13. The third-order valence-corrected chi connectivity index (χ3v) is 3.72. The van der Waals surface area contributed by atoms with Crippen molar-refractivity contribution in [1.29, 1.82) is 0 Å². The molecular weight excluding hydrogens is 260 g/mol. The van der Waals surface area contributed by atoms with Gasteiger partial charge in [-0.05, 0) is 30.2 Å². The average molecular weight is 278 g/mol. The SMILES string of the molecule is C=C1c2ccccc2C(=O)N(C[C@H](C)N)c2ccccc21. The van der Waals surface area contributed by atoms with Gasteiger partial charge in [0.1, 0.15) is 0 Å². The molecule has 21 heavy (non-hydrogen) atoms. The van der Waals surface area contributed by atoms with E-state index in [4.69, 9.17) is 5.73 Å². The number of para-hydroxylation sites is 1. The van der Waals surface area contributed by atoms with E-state index in [1.54, 1.807) is 4.90 Å². The number of hydrogen-bond donors (Lipinski definition) is 1. The van der Waals surface area contributed by atoms with E-state index in [0.717, 1.165) is 22.4 Å². The summed E-state index contributed by atoms with van der Waals surface area (Å²) in [6, 6.07) is 15.4. The first-order valence-corrected chi connectivity index (χ1v) is 7.04. The van der Waals surface area contributed by atoms with Crippen LogP contribution in [-0.4, -0.2) is 18.5 Å². The maximum absolute atomic E-state index is 12.9. The van der Waals surface area contributed by atoms with Crippen LogP contribution in [0.25, 0.3) is 5.57 Å². The minimum atomic E-state index is -0.0967. The van der Waals surface area contributed by atoms with Crippen molar-refractivity contribution in [3.63, 3.8) is 0 Å². The van der Waals surface area contributed by atoms with E-state index in [9.17, 15) is 4.79 Å². The Labute approximate surface area is 124 Å². The van der Waals surface area contributed by atoms with Crippen molar-refractivity contribution in [3.8, 4) is 0 Å². The molecule has 1 atom stereocenters. The summed E-state index contributed by atoms with van der Waals surface area (Å²) >= 11 is 0. The van der Waals surface area contributed by atoms with Crippen LogP contribution in [-0.2, 0) is 0 Å². The summed E-state index contributed by atoms with van der Waals surface area (Å²) in [6.45, 7) is 6.58. The van der Waals surface area contributed by atoms with Crippen molar-refractivity contribution >= 4 is 17.2 Å². The molecule has 0 unspecified atom stereocenters. The second-order valence-corrected chi connectivity index (χ2v) is 5.43. The first kappa shape index (κ1) is 13.6. The van der Waals surface area contributed by atoms with E-state index in [1.807, 2.05) is 55.5 Å². The molecule has 0 bridgehead atoms. The van der Waals surface area contributed by atoms with Crippen LogP contribution in [0.4, 0.5) is 5.69 Å². The molecule has 2 N–H and O–H groups in total. The lowest BCUT2D eigenvalue weighted by Gasteiger charge is -2.25.